The van der Waals surface area contributed by atoms with Gasteiger partial charge in [-0.25, -0.2) is 0 Å². The summed E-state index contributed by atoms with van der Waals surface area (Å²) in [6.45, 7) is 1.98. The van der Waals surface area contributed by atoms with E-state index in [1.165, 1.54) is 5.56 Å². The summed E-state index contributed by atoms with van der Waals surface area (Å²) in [5.41, 5.74) is 2.31. The van der Waals surface area contributed by atoms with Crippen molar-refractivity contribution in [2.75, 3.05) is 34.4 Å². The molecule has 2 aromatic rings. The van der Waals surface area contributed by atoms with Gasteiger partial charge in [-0.2, -0.15) is 0 Å². The van der Waals surface area contributed by atoms with Gasteiger partial charge in [0.2, 0.25) is 5.91 Å². The van der Waals surface area contributed by atoms with Crippen molar-refractivity contribution in [2.24, 2.45) is 0 Å². The van der Waals surface area contributed by atoms with Gasteiger partial charge < -0.3 is 14.4 Å². The standard InChI is InChI=1S/C22H28N2O3/c1-23(15-17-8-5-4-6-9-17)16-22(25)24-13-7-10-19(24)18-11-12-20(26-2)21(14-18)27-3/h4-6,8-9,11-12,14,19H,7,10,13,15-16H2,1-3H3. The lowest BCUT2D eigenvalue weighted by Gasteiger charge is -2.28. The van der Waals surface area contributed by atoms with Gasteiger partial charge in [0.15, 0.2) is 11.5 Å². The summed E-state index contributed by atoms with van der Waals surface area (Å²) in [4.78, 5) is 17.0. The Morgan fingerprint density at radius 2 is 1.85 bits per heavy atom. The van der Waals surface area contributed by atoms with Crippen molar-refractivity contribution in [3.63, 3.8) is 0 Å². The van der Waals surface area contributed by atoms with E-state index in [9.17, 15) is 4.79 Å². The molecule has 0 spiro atoms. The fraction of sp³-hybridized carbons (Fsp3) is 0.409. The van der Waals surface area contributed by atoms with Crippen molar-refractivity contribution in [3.05, 3.63) is 59.7 Å². The van der Waals surface area contributed by atoms with Gasteiger partial charge in [0.05, 0.1) is 26.8 Å². The first-order valence-corrected chi connectivity index (χ1v) is 9.36. The maximum Gasteiger partial charge on any atom is 0.237 e. The average Bonchev–Trinajstić information content (AvgIpc) is 3.18. The van der Waals surface area contributed by atoms with Gasteiger partial charge in [0.1, 0.15) is 0 Å². The molecule has 0 bridgehead atoms. The molecule has 0 N–H and O–H groups in total. The molecule has 1 aliphatic heterocycles. The molecule has 1 heterocycles. The SMILES string of the molecule is COc1ccc(C2CCCN2C(=O)CN(C)Cc2ccccc2)cc1OC. The van der Waals surface area contributed by atoms with E-state index in [1.54, 1.807) is 14.2 Å². The van der Waals surface area contributed by atoms with Crippen molar-refractivity contribution < 1.29 is 14.3 Å². The second-order valence-corrected chi connectivity index (χ2v) is 7.02. The Hall–Kier alpha value is -2.53. The Labute approximate surface area is 161 Å². The summed E-state index contributed by atoms with van der Waals surface area (Å²) in [7, 11) is 5.26. The Kier molecular flexibility index (Phi) is 6.35. The monoisotopic (exact) mass is 368 g/mol. The normalized spacial score (nSPS) is 16.6. The van der Waals surface area contributed by atoms with Gasteiger partial charge >= 0.3 is 0 Å². The van der Waals surface area contributed by atoms with Gasteiger partial charge in [-0.05, 0) is 43.1 Å². The number of hydrogen-bond donors (Lipinski definition) is 0. The molecule has 0 radical (unpaired) electrons. The second-order valence-electron chi connectivity index (χ2n) is 7.02. The first-order valence-electron chi connectivity index (χ1n) is 9.36. The highest BCUT2D eigenvalue weighted by Crippen LogP contribution is 2.36. The highest BCUT2D eigenvalue weighted by Gasteiger charge is 2.30. The van der Waals surface area contributed by atoms with Crippen LogP contribution in [-0.4, -0.2) is 50.1 Å². The predicted octanol–water partition coefficient (Wildman–Crippen LogP) is 3.50. The maximum atomic E-state index is 12.9. The van der Waals surface area contributed by atoms with Gasteiger partial charge in [0, 0.05) is 13.1 Å². The quantitative estimate of drug-likeness (QED) is 0.750. The summed E-state index contributed by atoms with van der Waals surface area (Å²) >= 11 is 0. The summed E-state index contributed by atoms with van der Waals surface area (Å²) in [6.07, 6.45) is 2.00. The smallest absolute Gasteiger partial charge is 0.237 e. The van der Waals surface area contributed by atoms with E-state index in [2.05, 4.69) is 17.0 Å². The molecule has 0 aliphatic carbocycles. The molecule has 0 saturated carbocycles. The minimum Gasteiger partial charge on any atom is -0.493 e. The summed E-state index contributed by atoms with van der Waals surface area (Å²) in [6, 6.07) is 16.3. The lowest BCUT2D eigenvalue weighted by molar-refractivity contribution is -0.133. The molecule has 1 saturated heterocycles. The van der Waals surface area contributed by atoms with E-state index >= 15 is 0 Å². The molecule has 27 heavy (non-hydrogen) atoms. The second kappa shape index (κ2) is 8.91. The van der Waals surface area contributed by atoms with Crippen LogP contribution in [0, 0.1) is 0 Å². The Balaban J connectivity index is 1.67. The van der Waals surface area contributed by atoms with Crippen LogP contribution in [0.15, 0.2) is 48.5 Å². The van der Waals surface area contributed by atoms with Crippen molar-refractivity contribution in [1.29, 1.82) is 0 Å². The Bertz CT molecular complexity index is 763. The number of amides is 1. The number of rotatable bonds is 7. The molecule has 144 valence electrons. The number of hydrogen-bond acceptors (Lipinski definition) is 4. The van der Waals surface area contributed by atoms with E-state index in [0.717, 1.165) is 31.5 Å². The number of likely N-dealkylation sites (N-methyl/N-ethyl adjacent to an activating group) is 1. The van der Waals surface area contributed by atoms with Crippen LogP contribution in [-0.2, 0) is 11.3 Å². The number of likely N-dealkylation sites (tertiary alicyclic amines) is 1. The van der Waals surface area contributed by atoms with E-state index < -0.39 is 0 Å². The molecule has 0 aromatic heterocycles. The molecular formula is C22H28N2O3. The minimum atomic E-state index is 0.0995. The van der Waals surface area contributed by atoms with Crippen LogP contribution >= 0.6 is 0 Å². The number of methoxy groups -OCH3 is 2. The molecule has 1 amide bonds. The first-order chi connectivity index (χ1) is 13.1. The summed E-state index contributed by atoms with van der Waals surface area (Å²) in [5, 5.41) is 0. The Morgan fingerprint density at radius 3 is 2.56 bits per heavy atom. The van der Waals surface area contributed by atoms with Crippen molar-refractivity contribution >= 4 is 5.91 Å². The van der Waals surface area contributed by atoms with E-state index in [4.69, 9.17) is 9.47 Å². The highest BCUT2D eigenvalue weighted by molar-refractivity contribution is 5.79. The van der Waals surface area contributed by atoms with Crippen LogP contribution in [0.1, 0.15) is 30.0 Å². The highest BCUT2D eigenvalue weighted by atomic mass is 16.5. The van der Waals surface area contributed by atoms with Gasteiger partial charge in [0.25, 0.3) is 0 Å². The van der Waals surface area contributed by atoms with Crippen molar-refractivity contribution in [1.82, 2.24) is 9.80 Å². The summed E-state index contributed by atoms with van der Waals surface area (Å²) < 4.78 is 10.8. The largest absolute Gasteiger partial charge is 0.493 e. The first kappa shape index (κ1) is 19.2. The zero-order valence-electron chi connectivity index (χ0n) is 16.4. The molecule has 1 fully saturated rings. The van der Waals surface area contributed by atoms with Gasteiger partial charge in [-0.3, -0.25) is 9.69 Å². The lowest BCUT2D eigenvalue weighted by atomic mass is 10.0. The van der Waals surface area contributed by atoms with Crippen LogP contribution in [0.3, 0.4) is 0 Å². The van der Waals surface area contributed by atoms with E-state index in [-0.39, 0.29) is 11.9 Å². The van der Waals surface area contributed by atoms with Gasteiger partial charge in [-0.1, -0.05) is 36.4 Å². The summed E-state index contributed by atoms with van der Waals surface area (Å²) in [5.74, 6) is 1.58. The third-order valence-corrected chi connectivity index (χ3v) is 5.07. The number of benzene rings is 2. The zero-order valence-corrected chi connectivity index (χ0v) is 16.4. The van der Waals surface area contributed by atoms with Crippen molar-refractivity contribution in [2.45, 2.75) is 25.4 Å². The maximum absolute atomic E-state index is 12.9. The topological polar surface area (TPSA) is 42.0 Å². The third kappa shape index (κ3) is 4.61. The minimum absolute atomic E-state index is 0.0995. The lowest BCUT2D eigenvalue weighted by Crippen LogP contribution is -2.38. The number of ether oxygens (including phenoxy) is 2. The number of carbonyl (C=O) groups is 1. The van der Waals surface area contributed by atoms with Gasteiger partial charge in [-0.15, -0.1) is 0 Å². The van der Waals surface area contributed by atoms with Crippen LogP contribution in [0.4, 0.5) is 0 Å². The molecule has 1 atom stereocenters. The third-order valence-electron chi connectivity index (χ3n) is 5.07. The average molecular weight is 368 g/mol. The van der Waals surface area contributed by atoms with E-state index in [1.807, 2.05) is 48.3 Å². The molecule has 3 rings (SSSR count). The number of nitrogens with zero attached hydrogens (tertiary/aromatic N) is 2. The number of carbonyl (C=O) groups excluding carboxylic acids is 1. The van der Waals surface area contributed by atoms with Crippen LogP contribution in [0.5, 0.6) is 11.5 Å². The Morgan fingerprint density at radius 1 is 1.11 bits per heavy atom. The molecule has 1 unspecified atom stereocenters. The van der Waals surface area contributed by atoms with E-state index in [0.29, 0.717) is 18.0 Å². The van der Waals surface area contributed by atoms with Crippen LogP contribution in [0.2, 0.25) is 0 Å². The predicted molar refractivity (Wildman–Crippen MR) is 106 cm³/mol. The molecule has 2 aromatic carbocycles. The van der Waals surface area contributed by atoms with Crippen molar-refractivity contribution in [3.8, 4) is 11.5 Å². The molecular weight excluding hydrogens is 340 g/mol. The zero-order chi connectivity index (χ0) is 19.2. The fourth-order valence-corrected chi connectivity index (χ4v) is 3.74. The molecule has 1 aliphatic rings. The fourth-order valence-electron chi connectivity index (χ4n) is 3.74. The van der Waals surface area contributed by atoms with Crippen LogP contribution in [0.25, 0.3) is 0 Å². The molecule has 5 heteroatoms. The molecule has 5 nitrogen and oxygen atoms in total. The van der Waals surface area contributed by atoms with Crippen LogP contribution < -0.4 is 9.47 Å².